The van der Waals surface area contributed by atoms with Crippen LogP contribution in [0.3, 0.4) is 0 Å². The van der Waals surface area contributed by atoms with E-state index in [1.54, 1.807) is 6.92 Å². The molecule has 0 spiro atoms. The second-order valence-electron chi connectivity index (χ2n) is 8.45. The smallest absolute Gasteiger partial charge is 0.489 e. The number of ether oxygens (including phenoxy) is 2. The van der Waals surface area contributed by atoms with E-state index in [2.05, 4.69) is 6.58 Å². The van der Waals surface area contributed by atoms with Gasteiger partial charge in [0.1, 0.15) is 18.0 Å². The molecule has 6 nitrogen and oxygen atoms in total. The monoisotopic (exact) mass is 375 g/mol. The fourth-order valence-electron chi connectivity index (χ4n) is 2.93. The van der Waals surface area contributed by atoms with E-state index in [0.717, 1.165) is 11.0 Å². The van der Waals surface area contributed by atoms with E-state index in [4.69, 9.17) is 24.5 Å². The van der Waals surface area contributed by atoms with Crippen LogP contribution < -0.4 is 15.9 Å². The normalized spacial score (nSPS) is 20.0. The van der Waals surface area contributed by atoms with Gasteiger partial charge in [0.15, 0.2) is 0 Å². The van der Waals surface area contributed by atoms with E-state index < -0.39 is 18.8 Å². The summed E-state index contributed by atoms with van der Waals surface area (Å²) in [6, 6.07) is 7.49. The van der Waals surface area contributed by atoms with Crippen LogP contribution in [0.15, 0.2) is 36.4 Å². The molecular formula is C20H30BNO5. The molecule has 0 radical (unpaired) electrons. The van der Waals surface area contributed by atoms with Gasteiger partial charge >= 0.3 is 13.2 Å². The summed E-state index contributed by atoms with van der Waals surface area (Å²) in [5, 5.41) is 0. The van der Waals surface area contributed by atoms with Crippen LogP contribution in [0.1, 0.15) is 48.0 Å². The van der Waals surface area contributed by atoms with E-state index in [9.17, 15) is 4.79 Å². The average Bonchev–Trinajstić information content (AvgIpc) is 2.72. The summed E-state index contributed by atoms with van der Waals surface area (Å²) >= 11 is 0. The third-order valence-corrected chi connectivity index (χ3v) is 4.97. The van der Waals surface area contributed by atoms with Crippen LogP contribution in [0.5, 0.6) is 5.75 Å². The Bertz CT molecular complexity index is 667. The van der Waals surface area contributed by atoms with Gasteiger partial charge in [0.05, 0.1) is 11.2 Å². The summed E-state index contributed by atoms with van der Waals surface area (Å²) < 4.78 is 23.1. The second-order valence-corrected chi connectivity index (χ2v) is 8.45. The molecule has 1 heterocycles. The zero-order valence-electron chi connectivity index (χ0n) is 17.1. The highest BCUT2D eigenvalue weighted by molar-refractivity contribution is 6.62. The van der Waals surface area contributed by atoms with Gasteiger partial charge in [-0.15, -0.1) is 0 Å². The van der Waals surface area contributed by atoms with Crippen molar-refractivity contribution in [2.45, 2.75) is 64.8 Å². The molecule has 148 valence electrons. The fraction of sp³-hybridized carbons (Fsp3) is 0.550. The Balaban J connectivity index is 2.03. The van der Waals surface area contributed by atoms with Crippen molar-refractivity contribution in [3.8, 4) is 5.75 Å². The predicted molar refractivity (Wildman–Crippen MR) is 106 cm³/mol. The lowest BCUT2D eigenvalue weighted by Gasteiger charge is -2.32. The molecule has 0 aromatic heterocycles. The van der Waals surface area contributed by atoms with Crippen molar-refractivity contribution in [1.29, 1.82) is 0 Å². The molecule has 1 aromatic carbocycles. The van der Waals surface area contributed by atoms with Crippen molar-refractivity contribution in [1.82, 2.24) is 0 Å². The molecule has 2 rings (SSSR count). The first-order chi connectivity index (χ1) is 12.3. The van der Waals surface area contributed by atoms with E-state index in [1.165, 1.54) is 0 Å². The third kappa shape index (κ3) is 5.27. The van der Waals surface area contributed by atoms with Gasteiger partial charge in [0.25, 0.3) is 0 Å². The van der Waals surface area contributed by atoms with Crippen LogP contribution >= 0.6 is 0 Å². The van der Waals surface area contributed by atoms with Gasteiger partial charge in [-0.05, 0) is 59.1 Å². The summed E-state index contributed by atoms with van der Waals surface area (Å²) in [4.78, 5) is 11.2. The van der Waals surface area contributed by atoms with E-state index >= 15 is 0 Å². The minimum atomic E-state index is -0.873. The molecule has 1 aliphatic heterocycles. The first kappa shape index (κ1) is 21.3. The van der Waals surface area contributed by atoms with Crippen molar-refractivity contribution in [3.05, 3.63) is 36.4 Å². The molecule has 1 aliphatic rings. The molecule has 0 saturated carbocycles. The molecule has 1 saturated heterocycles. The molecule has 0 unspecified atom stereocenters. The Morgan fingerprint density at radius 3 is 2.15 bits per heavy atom. The van der Waals surface area contributed by atoms with Gasteiger partial charge in [0.2, 0.25) is 0 Å². The maximum Gasteiger partial charge on any atom is 0.494 e. The van der Waals surface area contributed by atoms with Crippen LogP contribution in [0.25, 0.3) is 0 Å². The lowest BCUT2D eigenvalue weighted by molar-refractivity contribution is -0.00420. The van der Waals surface area contributed by atoms with Crippen molar-refractivity contribution < 1.29 is 23.6 Å². The number of carbonyl (C=O) groups excluding carboxylic acids is 1. The SMILES string of the molecule is C=C(C)C[C@@](C)(COc1ccc(B2OC(C)(C)C(C)(C)O2)cc1)OC(N)=O. The number of primary amides is 1. The van der Waals surface area contributed by atoms with Crippen molar-refractivity contribution >= 4 is 18.7 Å². The summed E-state index contributed by atoms with van der Waals surface area (Å²) in [6.45, 7) is 15.7. The Morgan fingerprint density at radius 2 is 1.70 bits per heavy atom. The number of hydrogen-bond donors (Lipinski definition) is 1. The minimum Gasteiger partial charge on any atom is -0.489 e. The zero-order valence-corrected chi connectivity index (χ0v) is 17.1. The first-order valence-electron chi connectivity index (χ1n) is 9.05. The molecule has 1 fully saturated rings. The van der Waals surface area contributed by atoms with Crippen LogP contribution in [-0.2, 0) is 14.0 Å². The van der Waals surface area contributed by atoms with Gasteiger partial charge in [-0.25, -0.2) is 4.79 Å². The molecule has 0 bridgehead atoms. The Hall–Kier alpha value is -1.99. The first-order valence-corrected chi connectivity index (χ1v) is 9.05. The fourth-order valence-corrected chi connectivity index (χ4v) is 2.93. The van der Waals surface area contributed by atoms with Crippen LogP contribution in [0.4, 0.5) is 4.79 Å². The van der Waals surface area contributed by atoms with Crippen LogP contribution in [0.2, 0.25) is 0 Å². The molecule has 7 heteroatoms. The van der Waals surface area contributed by atoms with Crippen LogP contribution in [0, 0.1) is 0 Å². The topological polar surface area (TPSA) is 80.0 Å². The number of carbonyl (C=O) groups is 1. The summed E-state index contributed by atoms with van der Waals surface area (Å²) in [5.41, 5.74) is 5.33. The highest BCUT2D eigenvalue weighted by Gasteiger charge is 2.51. The zero-order chi connectivity index (χ0) is 20.5. The van der Waals surface area contributed by atoms with Crippen molar-refractivity contribution in [3.63, 3.8) is 0 Å². The standard InChI is InChI=1S/C20H30BNO5/c1-14(2)12-20(7,25-17(22)23)13-24-16-10-8-15(9-11-16)21-26-18(3,4)19(5,6)27-21/h8-11H,1,12-13H2,2-7H3,(H2,22,23)/t20-/m0/s1. The second kappa shape index (κ2) is 7.56. The van der Waals surface area contributed by atoms with Crippen LogP contribution in [-0.4, -0.2) is 36.6 Å². The van der Waals surface area contributed by atoms with Crippen molar-refractivity contribution in [2.75, 3.05) is 6.61 Å². The number of amides is 1. The molecule has 2 N–H and O–H groups in total. The lowest BCUT2D eigenvalue weighted by atomic mass is 9.79. The van der Waals surface area contributed by atoms with Gasteiger partial charge in [-0.1, -0.05) is 24.3 Å². The van der Waals surface area contributed by atoms with E-state index in [1.807, 2.05) is 58.9 Å². The molecule has 27 heavy (non-hydrogen) atoms. The number of nitrogens with two attached hydrogens (primary N) is 1. The third-order valence-electron chi connectivity index (χ3n) is 4.97. The molecule has 0 aliphatic carbocycles. The molecule has 1 amide bonds. The summed E-state index contributed by atoms with van der Waals surface area (Å²) in [7, 11) is -0.420. The Kier molecular flexibility index (Phi) is 5.97. The molecular weight excluding hydrogens is 345 g/mol. The number of hydrogen-bond acceptors (Lipinski definition) is 5. The minimum absolute atomic E-state index is 0.165. The highest BCUT2D eigenvalue weighted by Crippen LogP contribution is 2.36. The van der Waals surface area contributed by atoms with Gasteiger partial charge < -0.3 is 24.5 Å². The van der Waals surface area contributed by atoms with E-state index in [-0.39, 0.29) is 17.8 Å². The summed E-state index contributed by atoms with van der Waals surface area (Å²) in [5.74, 6) is 0.649. The van der Waals surface area contributed by atoms with E-state index in [0.29, 0.717) is 12.2 Å². The average molecular weight is 375 g/mol. The highest BCUT2D eigenvalue weighted by atomic mass is 16.7. The molecule has 1 aromatic rings. The Labute approximate surface area is 162 Å². The van der Waals surface area contributed by atoms with Gasteiger partial charge in [-0.2, -0.15) is 0 Å². The predicted octanol–water partition coefficient (Wildman–Crippen LogP) is 3.18. The van der Waals surface area contributed by atoms with Gasteiger partial charge in [0, 0.05) is 6.42 Å². The number of benzene rings is 1. The number of rotatable bonds is 7. The largest absolute Gasteiger partial charge is 0.494 e. The Morgan fingerprint density at radius 1 is 1.19 bits per heavy atom. The van der Waals surface area contributed by atoms with Crippen molar-refractivity contribution in [2.24, 2.45) is 5.73 Å². The maximum absolute atomic E-state index is 11.2. The quantitative estimate of drug-likeness (QED) is 0.585. The lowest BCUT2D eigenvalue weighted by Crippen LogP contribution is -2.41. The molecule has 1 atom stereocenters. The van der Waals surface area contributed by atoms with Gasteiger partial charge in [-0.3, -0.25) is 0 Å². The maximum atomic E-state index is 11.2. The summed E-state index contributed by atoms with van der Waals surface area (Å²) in [6.07, 6.45) is -0.375.